The van der Waals surface area contributed by atoms with Gasteiger partial charge in [0.2, 0.25) is 0 Å². The number of nitrogen functional groups attached to an aromatic ring is 1. The maximum Gasteiger partial charge on any atom is 0.417 e. The first-order valence-electron chi connectivity index (χ1n) is 7.98. The summed E-state index contributed by atoms with van der Waals surface area (Å²) in [5, 5.41) is 13.8. The number of hydrogen-bond acceptors (Lipinski definition) is 9. The molecule has 0 radical (unpaired) electrons. The minimum atomic E-state index is -0.927. The number of carbonyl (C=O) groups is 3. The lowest BCUT2D eigenvalue weighted by Crippen LogP contribution is -2.19. The minimum Gasteiger partial charge on any atom is -0.461 e. The molecular formula is C16H26N4O6. The molecule has 0 saturated heterocycles. The lowest BCUT2D eigenvalue weighted by atomic mass is 10.2. The molecule has 1 heterocycles. The first-order valence-corrected chi connectivity index (χ1v) is 7.98. The van der Waals surface area contributed by atoms with Crippen molar-refractivity contribution in [3.63, 3.8) is 0 Å². The predicted octanol–water partition coefficient (Wildman–Crippen LogP) is 1.51. The maximum atomic E-state index is 11.1. The molecule has 10 heteroatoms. The van der Waals surface area contributed by atoms with Crippen molar-refractivity contribution >= 4 is 23.7 Å². The van der Waals surface area contributed by atoms with Crippen molar-refractivity contribution in [2.24, 2.45) is 0 Å². The molecule has 0 bridgehead atoms. The lowest BCUT2D eigenvalue weighted by Gasteiger charge is -1.99. The van der Waals surface area contributed by atoms with Crippen molar-refractivity contribution in [3.8, 4) is 6.07 Å². The molecule has 0 aliphatic heterocycles. The number of H-pyrrole nitrogens is 1. The summed E-state index contributed by atoms with van der Waals surface area (Å²) in [6.45, 7) is 9.25. The Labute approximate surface area is 152 Å². The van der Waals surface area contributed by atoms with E-state index in [2.05, 4.69) is 19.7 Å². The van der Waals surface area contributed by atoms with Gasteiger partial charge in [-0.2, -0.15) is 10.4 Å². The quantitative estimate of drug-likeness (QED) is 0.455. The van der Waals surface area contributed by atoms with Gasteiger partial charge in [-0.1, -0.05) is 6.92 Å². The largest absolute Gasteiger partial charge is 0.461 e. The van der Waals surface area contributed by atoms with E-state index >= 15 is 0 Å². The number of hydrogen-bond donors (Lipinski definition) is 2. The van der Waals surface area contributed by atoms with Crippen molar-refractivity contribution in [2.75, 3.05) is 25.6 Å². The number of carbonyl (C=O) groups excluding carboxylic acids is 3. The summed E-state index contributed by atoms with van der Waals surface area (Å²) in [5.41, 5.74) is 6.39. The van der Waals surface area contributed by atoms with Crippen molar-refractivity contribution in [1.29, 1.82) is 5.26 Å². The van der Waals surface area contributed by atoms with Crippen LogP contribution in [0.1, 0.15) is 50.2 Å². The van der Waals surface area contributed by atoms with Crippen molar-refractivity contribution in [3.05, 3.63) is 11.3 Å². The number of nitrogens with two attached hydrogens (primary N) is 1. The van der Waals surface area contributed by atoms with Gasteiger partial charge in [-0.3, -0.25) is 5.10 Å². The van der Waals surface area contributed by atoms with Gasteiger partial charge in [0.05, 0.1) is 25.9 Å². The highest BCUT2D eigenvalue weighted by molar-refractivity contribution is 6.29. The molecule has 26 heavy (non-hydrogen) atoms. The van der Waals surface area contributed by atoms with Crippen LogP contribution in [0.5, 0.6) is 0 Å². The van der Waals surface area contributed by atoms with E-state index in [-0.39, 0.29) is 13.2 Å². The Bertz CT molecular complexity index is 590. The highest BCUT2D eigenvalue weighted by atomic mass is 16.6. The Kier molecular flexibility index (Phi) is 14.9. The number of nitrogens with one attached hydrogen (secondary N) is 1. The molecule has 0 fully saturated rings. The van der Waals surface area contributed by atoms with Gasteiger partial charge in [-0.05, 0) is 27.7 Å². The molecule has 1 aromatic rings. The number of aromatic nitrogens is 2. The summed E-state index contributed by atoms with van der Waals surface area (Å²) in [6, 6.07) is 1.93. The van der Waals surface area contributed by atoms with Crippen LogP contribution in [0.3, 0.4) is 0 Å². The fourth-order valence-corrected chi connectivity index (χ4v) is 1.19. The molecule has 0 spiro atoms. The van der Waals surface area contributed by atoms with Crippen molar-refractivity contribution < 1.29 is 28.6 Å². The summed E-state index contributed by atoms with van der Waals surface area (Å²) in [6.07, 6.45) is 0.625. The molecule has 146 valence electrons. The SMILES string of the molecule is CCC#N.CCOC(=O)C(=O)OCC.CCOC(=O)c1[nH]nc(N)c1C. The molecule has 1 rings (SSSR count). The second-order valence-corrected chi connectivity index (χ2v) is 4.28. The summed E-state index contributed by atoms with van der Waals surface area (Å²) >= 11 is 0. The molecule has 0 unspecified atom stereocenters. The van der Waals surface area contributed by atoms with Crippen molar-refractivity contribution in [1.82, 2.24) is 10.2 Å². The van der Waals surface area contributed by atoms with Crippen LogP contribution in [0.2, 0.25) is 0 Å². The second-order valence-electron chi connectivity index (χ2n) is 4.28. The molecule has 0 amide bonds. The average Bonchev–Trinajstić information content (AvgIpc) is 2.95. The third-order valence-corrected chi connectivity index (χ3v) is 2.40. The van der Waals surface area contributed by atoms with E-state index in [0.29, 0.717) is 30.1 Å². The van der Waals surface area contributed by atoms with Crippen LogP contribution in [0.4, 0.5) is 5.82 Å². The van der Waals surface area contributed by atoms with Gasteiger partial charge < -0.3 is 19.9 Å². The van der Waals surface area contributed by atoms with Gasteiger partial charge in [0.15, 0.2) is 0 Å². The minimum absolute atomic E-state index is 0.192. The Hall–Kier alpha value is -3.09. The summed E-state index contributed by atoms with van der Waals surface area (Å²) in [4.78, 5) is 32.0. The Morgan fingerprint density at radius 3 is 1.73 bits per heavy atom. The van der Waals surface area contributed by atoms with Gasteiger partial charge >= 0.3 is 17.9 Å². The number of nitrogens with zero attached hydrogens (tertiary/aromatic N) is 2. The Morgan fingerprint density at radius 1 is 1.04 bits per heavy atom. The molecule has 0 aliphatic carbocycles. The molecule has 0 saturated carbocycles. The zero-order chi connectivity index (χ0) is 20.5. The maximum absolute atomic E-state index is 11.1. The third kappa shape index (κ3) is 10.6. The summed E-state index contributed by atoms with van der Waals surface area (Å²) in [7, 11) is 0. The third-order valence-electron chi connectivity index (χ3n) is 2.40. The van der Waals surface area contributed by atoms with Crippen LogP contribution in [0, 0.1) is 18.3 Å². The molecule has 0 atom stereocenters. The van der Waals surface area contributed by atoms with E-state index in [0.717, 1.165) is 0 Å². The van der Waals surface area contributed by atoms with E-state index < -0.39 is 17.9 Å². The van der Waals surface area contributed by atoms with E-state index in [4.69, 9.17) is 15.7 Å². The standard InChI is InChI=1S/C7H11N3O2.C6H10O4.C3H5N/c1-3-12-7(11)5-4(2)6(8)10-9-5;1-3-9-5(7)6(8)10-4-2;1-2-3-4/h3H2,1-2H3,(H3,8,9,10);3-4H2,1-2H3;2H2,1H3. The Balaban J connectivity index is 0. The molecular weight excluding hydrogens is 344 g/mol. The summed E-state index contributed by atoms with van der Waals surface area (Å²) in [5.74, 6) is -1.94. The van der Waals surface area contributed by atoms with Gasteiger partial charge in [-0.15, -0.1) is 0 Å². The van der Waals surface area contributed by atoms with E-state index in [1.807, 2.05) is 13.0 Å². The van der Waals surface area contributed by atoms with E-state index in [1.165, 1.54) is 0 Å². The molecule has 0 aromatic carbocycles. The van der Waals surface area contributed by atoms with Crippen LogP contribution >= 0.6 is 0 Å². The predicted molar refractivity (Wildman–Crippen MR) is 92.9 cm³/mol. The topological polar surface area (TPSA) is 157 Å². The van der Waals surface area contributed by atoms with Gasteiger partial charge in [-0.25, -0.2) is 14.4 Å². The normalized spacial score (nSPS) is 8.62. The number of esters is 3. The smallest absolute Gasteiger partial charge is 0.417 e. The molecule has 3 N–H and O–H groups in total. The fraction of sp³-hybridized carbons (Fsp3) is 0.562. The van der Waals surface area contributed by atoms with Crippen LogP contribution in [0.15, 0.2) is 0 Å². The number of ether oxygens (including phenoxy) is 3. The van der Waals surface area contributed by atoms with Crippen LogP contribution < -0.4 is 5.73 Å². The van der Waals surface area contributed by atoms with Crippen LogP contribution in [0.25, 0.3) is 0 Å². The van der Waals surface area contributed by atoms with Gasteiger partial charge in [0.25, 0.3) is 0 Å². The first kappa shape index (κ1) is 25.2. The zero-order valence-corrected chi connectivity index (χ0v) is 15.7. The zero-order valence-electron chi connectivity index (χ0n) is 15.7. The fourth-order valence-electron chi connectivity index (χ4n) is 1.19. The van der Waals surface area contributed by atoms with Crippen LogP contribution in [-0.4, -0.2) is 47.9 Å². The molecule has 0 aliphatic rings. The number of nitriles is 1. The highest BCUT2D eigenvalue weighted by Crippen LogP contribution is 2.11. The number of aromatic amines is 1. The number of anilines is 1. The first-order chi connectivity index (χ1) is 12.3. The molecule has 10 nitrogen and oxygen atoms in total. The van der Waals surface area contributed by atoms with Gasteiger partial charge in [0.1, 0.15) is 11.5 Å². The van der Waals surface area contributed by atoms with Crippen LogP contribution in [-0.2, 0) is 23.8 Å². The monoisotopic (exact) mass is 370 g/mol. The van der Waals surface area contributed by atoms with E-state index in [9.17, 15) is 14.4 Å². The average molecular weight is 370 g/mol. The van der Waals surface area contributed by atoms with Crippen molar-refractivity contribution in [2.45, 2.75) is 41.0 Å². The van der Waals surface area contributed by atoms with Gasteiger partial charge in [0, 0.05) is 12.0 Å². The lowest BCUT2D eigenvalue weighted by molar-refractivity contribution is -0.167. The second kappa shape index (κ2) is 15.4. The van der Waals surface area contributed by atoms with E-state index in [1.54, 1.807) is 27.7 Å². The Morgan fingerprint density at radius 2 is 1.46 bits per heavy atom. The highest BCUT2D eigenvalue weighted by Gasteiger charge is 2.15. The summed E-state index contributed by atoms with van der Waals surface area (Å²) < 4.78 is 13.4. The number of rotatable bonds is 4. The molecule has 1 aromatic heterocycles.